The van der Waals surface area contributed by atoms with Crippen molar-refractivity contribution in [2.45, 2.75) is 26.7 Å². The normalized spacial score (nSPS) is 24.7. The van der Waals surface area contributed by atoms with Crippen LogP contribution in [0.4, 0.5) is 0 Å². The topological polar surface area (TPSA) is 17.1 Å². The molecule has 1 rings (SSSR count). The second kappa shape index (κ2) is 3.04. The van der Waals surface area contributed by atoms with Gasteiger partial charge in [0.1, 0.15) is 5.78 Å². The average Bonchev–Trinajstić information content (AvgIpc) is 1.85. The van der Waals surface area contributed by atoms with Crippen molar-refractivity contribution in [3.63, 3.8) is 0 Å². The molecule has 0 bridgehead atoms. The molecule has 0 saturated heterocycles. The van der Waals surface area contributed by atoms with E-state index in [9.17, 15) is 4.79 Å². The molecule has 0 heterocycles. The molecule has 60 valence electrons. The lowest BCUT2D eigenvalue weighted by atomic mass is 9.85. The monoisotopic (exact) mass is 150 g/mol. The van der Waals surface area contributed by atoms with Gasteiger partial charge >= 0.3 is 0 Å². The highest BCUT2D eigenvalue weighted by Crippen LogP contribution is 2.24. The summed E-state index contributed by atoms with van der Waals surface area (Å²) in [6, 6.07) is 0. The number of ketones is 1. The van der Waals surface area contributed by atoms with Crippen LogP contribution < -0.4 is 0 Å². The van der Waals surface area contributed by atoms with E-state index < -0.39 is 0 Å². The van der Waals surface area contributed by atoms with E-state index >= 15 is 0 Å². The van der Waals surface area contributed by atoms with Crippen LogP contribution in [0.2, 0.25) is 0 Å². The van der Waals surface area contributed by atoms with Gasteiger partial charge in [-0.3, -0.25) is 4.79 Å². The predicted octanol–water partition coefficient (Wildman–Crippen LogP) is 2.49. The van der Waals surface area contributed by atoms with Gasteiger partial charge in [0.15, 0.2) is 0 Å². The van der Waals surface area contributed by atoms with E-state index in [0.29, 0.717) is 12.2 Å². The minimum atomic E-state index is 0.0960. The zero-order valence-corrected chi connectivity index (χ0v) is 7.18. The van der Waals surface area contributed by atoms with E-state index in [1.165, 1.54) is 5.57 Å². The Labute approximate surface area is 67.8 Å². The lowest BCUT2D eigenvalue weighted by Crippen LogP contribution is -2.18. The van der Waals surface area contributed by atoms with E-state index in [2.05, 4.69) is 12.7 Å². The molecule has 1 aliphatic rings. The van der Waals surface area contributed by atoms with Gasteiger partial charge in [0, 0.05) is 12.3 Å². The van der Waals surface area contributed by atoms with Crippen molar-refractivity contribution in [2.75, 3.05) is 0 Å². The quantitative estimate of drug-likeness (QED) is 0.525. The first-order valence-electron chi connectivity index (χ1n) is 3.95. The van der Waals surface area contributed by atoms with E-state index in [-0.39, 0.29) is 5.92 Å². The van der Waals surface area contributed by atoms with Gasteiger partial charge in [-0.15, -0.1) is 0 Å². The van der Waals surface area contributed by atoms with Gasteiger partial charge in [-0.2, -0.15) is 0 Å². The maximum absolute atomic E-state index is 11.3. The minimum absolute atomic E-state index is 0.0960. The van der Waals surface area contributed by atoms with E-state index in [0.717, 1.165) is 12.0 Å². The minimum Gasteiger partial charge on any atom is -0.299 e. The molecule has 1 atom stereocenters. The van der Waals surface area contributed by atoms with Crippen molar-refractivity contribution in [3.05, 3.63) is 23.8 Å². The van der Waals surface area contributed by atoms with Crippen molar-refractivity contribution in [2.24, 2.45) is 5.92 Å². The molecule has 0 radical (unpaired) electrons. The Morgan fingerprint density at radius 2 is 2.36 bits per heavy atom. The van der Waals surface area contributed by atoms with Gasteiger partial charge in [-0.25, -0.2) is 0 Å². The number of carbonyl (C=O) groups is 1. The molecule has 0 saturated carbocycles. The van der Waals surface area contributed by atoms with Crippen LogP contribution in [0.1, 0.15) is 26.7 Å². The molecule has 0 aromatic carbocycles. The number of hydrogen-bond acceptors (Lipinski definition) is 1. The summed E-state index contributed by atoms with van der Waals surface area (Å²) in [5.41, 5.74) is 2.20. The summed E-state index contributed by atoms with van der Waals surface area (Å²) in [6.45, 7) is 7.74. The van der Waals surface area contributed by atoms with Crippen LogP contribution in [-0.2, 0) is 4.79 Å². The van der Waals surface area contributed by atoms with Crippen molar-refractivity contribution < 1.29 is 4.79 Å². The first-order valence-corrected chi connectivity index (χ1v) is 3.95. The maximum Gasteiger partial charge on any atom is 0.144 e. The van der Waals surface area contributed by atoms with Gasteiger partial charge in [0.2, 0.25) is 0 Å². The summed E-state index contributed by atoms with van der Waals surface area (Å²) >= 11 is 0. The third-order valence-electron chi connectivity index (χ3n) is 2.14. The van der Waals surface area contributed by atoms with Gasteiger partial charge < -0.3 is 0 Å². The van der Waals surface area contributed by atoms with Crippen LogP contribution in [0.15, 0.2) is 23.8 Å². The van der Waals surface area contributed by atoms with Crippen LogP contribution in [-0.4, -0.2) is 5.78 Å². The largest absolute Gasteiger partial charge is 0.299 e. The predicted molar refractivity (Wildman–Crippen MR) is 46.3 cm³/mol. The third-order valence-corrected chi connectivity index (χ3v) is 2.14. The lowest BCUT2D eigenvalue weighted by molar-refractivity contribution is -0.121. The summed E-state index contributed by atoms with van der Waals surface area (Å²) in [5, 5.41) is 0. The molecule has 0 N–H and O–H groups in total. The Hall–Kier alpha value is -0.850. The highest BCUT2D eigenvalue weighted by molar-refractivity contribution is 5.86. The number of allylic oxidation sites excluding steroid dienone is 3. The number of hydrogen-bond donors (Lipinski definition) is 0. The molecule has 0 aromatic rings. The van der Waals surface area contributed by atoms with Crippen LogP contribution in [0, 0.1) is 5.92 Å². The highest BCUT2D eigenvalue weighted by Gasteiger charge is 2.21. The summed E-state index contributed by atoms with van der Waals surface area (Å²) in [7, 11) is 0. The van der Waals surface area contributed by atoms with Gasteiger partial charge in [-0.05, 0) is 20.3 Å². The Morgan fingerprint density at radius 3 is 2.82 bits per heavy atom. The molecular weight excluding hydrogens is 136 g/mol. The van der Waals surface area contributed by atoms with Crippen LogP contribution in [0.25, 0.3) is 0 Å². The molecule has 11 heavy (non-hydrogen) atoms. The van der Waals surface area contributed by atoms with Crippen molar-refractivity contribution in [1.29, 1.82) is 0 Å². The van der Waals surface area contributed by atoms with Crippen molar-refractivity contribution in [1.82, 2.24) is 0 Å². The molecule has 0 aromatic heterocycles. The lowest BCUT2D eigenvalue weighted by Gasteiger charge is -2.18. The van der Waals surface area contributed by atoms with Gasteiger partial charge in [0.05, 0.1) is 0 Å². The van der Waals surface area contributed by atoms with Crippen LogP contribution in [0.3, 0.4) is 0 Å². The zero-order valence-electron chi connectivity index (χ0n) is 7.18. The molecule has 1 heteroatoms. The molecular formula is C10H14O. The first kappa shape index (κ1) is 8.25. The van der Waals surface area contributed by atoms with Crippen LogP contribution in [0.5, 0.6) is 0 Å². The van der Waals surface area contributed by atoms with E-state index in [1.807, 2.05) is 13.8 Å². The highest BCUT2D eigenvalue weighted by atomic mass is 16.1. The molecule has 0 fully saturated rings. The Bertz CT molecular complexity index is 223. The fourth-order valence-corrected chi connectivity index (χ4v) is 1.40. The smallest absolute Gasteiger partial charge is 0.144 e. The molecule has 0 amide bonds. The second-order valence-electron chi connectivity index (χ2n) is 3.33. The maximum atomic E-state index is 11.3. The molecule has 0 aliphatic heterocycles. The molecule has 0 spiro atoms. The molecule has 1 aliphatic carbocycles. The summed E-state index contributed by atoms with van der Waals surface area (Å²) < 4.78 is 0. The second-order valence-corrected chi connectivity index (χ2v) is 3.33. The van der Waals surface area contributed by atoms with E-state index in [4.69, 9.17) is 0 Å². The standard InChI is InChI=1S/C10H14O/c1-7(2)9-5-4-8(3)6-10(9)11/h4,9H,1,5-6H2,2-3H3. The molecule has 1 unspecified atom stereocenters. The fourth-order valence-electron chi connectivity index (χ4n) is 1.40. The number of carbonyl (C=O) groups excluding carboxylic acids is 1. The summed E-state index contributed by atoms with van der Waals surface area (Å²) in [4.78, 5) is 11.3. The van der Waals surface area contributed by atoms with Crippen molar-refractivity contribution >= 4 is 5.78 Å². The van der Waals surface area contributed by atoms with Crippen LogP contribution >= 0.6 is 0 Å². The van der Waals surface area contributed by atoms with Crippen molar-refractivity contribution in [3.8, 4) is 0 Å². The first-order chi connectivity index (χ1) is 5.11. The Morgan fingerprint density at radius 1 is 1.73 bits per heavy atom. The number of rotatable bonds is 1. The fraction of sp³-hybridized carbons (Fsp3) is 0.500. The Kier molecular flexibility index (Phi) is 2.28. The molecule has 1 nitrogen and oxygen atoms in total. The number of Topliss-reactive ketones (excluding diaryl/α,β-unsaturated/α-hetero) is 1. The van der Waals surface area contributed by atoms with Gasteiger partial charge in [-0.1, -0.05) is 23.8 Å². The third kappa shape index (κ3) is 1.79. The Balaban J connectivity index is 2.74. The summed E-state index contributed by atoms with van der Waals surface area (Å²) in [5.74, 6) is 0.427. The van der Waals surface area contributed by atoms with Gasteiger partial charge in [0.25, 0.3) is 0 Å². The SMILES string of the molecule is C=C(C)C1CC=C(C)CC1=O. The zero-order chi connectivity index (χ0) is 8.43. The summed E-state index contributed by atoms with van der Waals surface area (Å²) in [6.07, 6.45) is 3.62. The van der Waals surface area contributed by atoms with E-state index in [1.54, 1.807) is 0 Å². The average molecular weight is 150 g/mol.